The van der Waals surface area contributed by atoms with Crippen LogP contribution in [0, 0.1) is 0 Å². The van der Waals surface area contributed by atoms with E-state index in [2.05, 4.69) is 16.2 Å². The van der Waals surface area contributed by atoms with Gasteiger partial charge in [-0.2, -0.15) is 0 Å². The third-order valence-electron chi connectivity index (χ3n) is 4.52. The fraction of sp³-hybridized carbons (Fsp3) is 0.167. The molecule has 0 aliphatic heterocycles. The first kappa shape index (κ1) is 22.5. The average molecular weight is 435 g/mol. The van der Waals surface area contributed by atoms with Gasteiger partial charge >= 0.3 is 0 Å². The lowest BCUT2D eigenvalue weighted by Gasteiger charge is -2.13. The summed E-state index contributed by atoms with van der Waals surface area (Å²) in [4.78, 5) is 24.4. The van der Waals surface area contributed by atoms with E-state index in [1.54, 1.807) is 49.6 Å². The molecule has 8 nitrogen and oxygen atoms in total. The van der Waals surface area contributed by atoms with Crippen LogP contribution in [0.15, 0.2) is 72.8 Å². The van der Waals surface area contributed by atoms with E-state index in [1.165, 1.54) is 7.11 Å². The monoisotopic (exact) mass is 435 g/mol. The van der Waals surface area contributed by atoms with Crippen LogP contribution in [0.2, 0.25) is 0 Å². The summed E-state index contributed by atoms with van der Waals surface area (Å²) in [5, 5.41) is 2.96. The Morgan fingerprint density at radius 1 is 0.812 bits per heavy atom. The van der Waals surface area contributed by atoms with Crippen molar-refractivity contribution in [3.8, 4) is 17.2 Å². The van der Waals surface area contributed by atoms with Crippen LogP contribution in [0.5, 0.6) is 17.2 Å². The molecule has 2 amide bonds. The summed E-state index contributed by atoms with van der Waals surface area (Å²) in [5.41, 5.74) is 6.85. The first-order chi connectivity index (χ1) is 15.6. The smallest absolute Gasteiger partial charge is 0.269 e. The lowest BCUT2D eigenvalue weighted by molar-refractivity contribution is -0.120. The summed E-state index contributed by atoms with van der Waals surface area (Å²) in [6, 6.07) is 21.7. The van der Waals surface area contributed by atoms with Crippen molar-refractivity contribution < 1.29 is 23.8 Å². The van der Waals surface area contributed by atoms with Gasteiger partial charge in [0.1, 0.15) is 12.4 Å². The Morgan fingerprint density at radius 2 is 1.56 bits per heavy atom. The maximum atomic E-state index is 12.4. The largest absolute Gasteiger partial charge is 0.497 e. The second-order valence-electron chi connectivity index (χ2n) is 6.72. The molecule has 0 fully saturated rings. The molecule has 0 unspecified atom stereocenters. The molecule has 0 heterocycles. The molecule has 3 aromatic rings. The van der Waals surface area contributed by atoms with Crippen LogP contribution >= 0.6 is 0 Å². The molecule has 3 N–H and O–H groups in total. The highest BCUT2D eigenvalue weighted by molar-refractivity contribution is 5.96. The maximum Gasteiger partial charge on any atom is 0.269 e. The van der Waals surface area contributed by atoms with E-state index >= 15 is 0 Å². The van der Waals surface area contributed by atoms with Gasteiger partial charge in [-0.15, -0.1) is 0 Å². The highest BCUT2D eigenvalue weighted by Crippen LogP contribution is 2.28. The van der Waals surface area contributed by atoms with Gasteiger partial charge in [-0.3, -0.25) is 20.4 Å². The second kappa shape index (κ2) is 11.3. The number of nitrogens with one attached hydrogen (secondary N) is 3. The molecule has 0 aliphatic rings. The summed E-state index contributed by atoms with van der Waals surface area (Å²) in [6.45, 7) is 0.363. The number of hydrogen-bond donors (Lipinski definition) is 3. The van der Waals surface area contributed by atoms with Gasteiger partial charge in [0, 0.05) is 11.3 Å². The lowest BCUT2D eigenvalue weighted by atomic mass is 10.2. The normalized spacial score (nSPS) is 10.1. The van der Waals surface area contributed by atoms with Crippen molar-refractivity contribution in [3.05, 3.63) is 83.9 Å². The van der Waals surface area contributed by atoms with Crippen molar-refractivity contribution in [3.63, 3.8) is 0 Å². The highest BCUT2D eigenvalue weighted by atomic mass is 16.5. The van der Waals surface area contributed by atoms with E-state index < -0.39 is 11.8 Å². The number of hydrazine groups is 1. The van der Waals surface area contributed by atoms with Crippen LogP contribution in [-0.2, 0) is 11.4 Å². The summed E-state index contributed by atoms with van der Waals surface area (Å²) >= 11 is 0. The minimum Gasteiger partial charge on any atom is -0.497 e. The van der Waals surface area contributed by atoms with Crippen molar-refractivity contribution in [2.75, 3.05) is 26.1 Å². The number of rotatable bonds is 9. The third kappa shape index (κ3) is 6.40. The molecule has 0 saturated heterocycles. The molecule has 166 valence electrons. The zero-order valence-corrected chi connectivity index (χ0v) is 17.9. The predicted octanol–water partition coefficient (Wildman–Crippen LogP) is 3.16. The number of amides is 2. The van der Waals surface area contributed by atoms with Crippen LogP contribution in [0.3, 0.4) is 0 Å². The minimum atomic E-state index is -0.476. The summed E-state index contributed by atoms with van der Waals surface area (Å²) in [6.07, 6.45) is 0. The predicted molar refractivity (Wildman–Crippen MR) is 121 cm³/mol. The first-order valence-electron chi connectivity index (χ1n) is 9.91. The number of anilines is 1. The lowest BCUT2D eigenvalue weighted by Crippen LogP contribution is -2.44. The number of carbonyl (C=O) groups excluding carboxylic acids is 2. The molecular formula is C24H25N3O5. The molecular weight excluding hydrogens is 410 g/mol. The zero-order chi connectivity index (χ0) is 22.8. The number of ether oxygens (including phenoxy) is 3. The van der Waals surface area contributed by atoms with Crippen molar-refractivity contribution in [1.29, 1.82) is 0 Å². The topological polar surface area (TPSA) is 97.9 Å². The van der Waals surface area contributed by atoms with Crippen molar-refractivity contribution >= 4 is 17.5 Å². The van der Waals surface area contributed by atoms with E-state index in [-0.39, 0.29) is 6.54 Å². The van der Waals surface area contributed by atoms with E-state index in [4.69, 9.17) is 14.2 Å². The Hall–Kier alpha value is -4.20. The molecule has 0 aliphatic carbocycles. The van der Waals surface area contributed by atoms with Gasteiger partial charge in [-0.1, -0.05) is 30.3 Å². The van der Waals surface area contributed by atoms with Gasteiger partial charge in [0.2, 0.25) is 0 Å². The molecule has 3 rings (SSSR count). The second-order valence-corrected chi connectivity index (χ2v) is 6.72. The Balaban J connectivity index is 1.49. The van der Waals surface area contributed by atoms with E-state index in [9.17, 15) is 9.59 Å². The summed E-state index contributed by atoms with van der Waals surface area (Å²) in [7, 11) is 3.08. The number of carbonyl (C=O) groups is 2. The van der Waals surface area contributed by atoms with Crippen molar-refractivity contribution in [1.82, 2.24) is 10.9 Å². The molecule has 0 bridgehead atoms. The van der Waals surface area contributed by atoms with Crippen molar-refractivity contribution in [2.45, 2.75) is 6.61 Å². The molecule has 0 radical (unpaired) electrons. The molecule has 0 atom stereocenters. The van der Waals surface area contributed by atoms with Crippen LogP contribution in [-0.4, -0.2) is 32.6 Å². The van der Waals surface area contributed by atoms with Gasteiger partial charge in [-0.05, 0) is 48.0 Å². The molecule has 0 aromatic heterocycles. The van der Waals surface area contributed by atoms with Crippen LogP contribution in [0.25, 0.3) is 0 Å². The highest BCUT2D eigenvalue weighted by Gasteiger charge is 2.12. The Morgan fingerprint density at radius 3 is 2.25 bits per heavy atom. The molecule has 8 heteroatoms. The van der Waals surface area contributed by atoms with Crippen LogP contribution in [0.4, 0.5) is 5.69 Å². The van der Waals surface area contributed by atoms with Crippen LogP contribution in [0.1, 0.15) is 15.9 Å². The van der Waals surface area contributed by atoms with Crippen LogP contribution < -0.4 is 30.4 Å². The Bertz CT molecular complexity index is 1040. The van der Waals surface area contributed by atoms with E-state index in [0.29, 0.717) is 23.7 Å². The van der Waals surface area contributed by atoms with Gasteiger partial charge in [0.05, 0.1) is 20.8 Å². The average Bonchev–Trinajstić information content (AvgIpc) is 2.85. The van der Waals surface area contributed by atoms with Crippen molar-refractivity contribution in [2.24, 2.45) is 0 Å². The van der Waals surface area contributed by atoms with Gasteiger partial charge in [-0.25, -0.2) is 0 Å². The van der Waals surface area contributed by atoms with Gasteiger partial charge in [0.15, 0.2) is 11.5 Å². The standard InChI is InChI=1S/C24H25N3O5/c1-30-20-11-9-19(10-12-20)25-15-23(28)26-27-24(29)18-8-13-21(22(14-18)31-2)32-16-17-6-4-3-5-7-17/h3-14,25H,15-16H2,1-2H3,(H,26,28)(H,27,29). The SMILES string of the molecule is COc1ccc(NCC(=O)NNC(=O)c2ccc(OCc3ccccc3)c(OC)c2)cc1. The molecule has 32 heavy (non-hydrogen) atoms. The molecule has 0 spiro atoms. The number of methoxy groups -OCH3 is 2. The minimum absolute atomic E-state index is 0.0117. The molecule has 3 aromatic carbocycles. The Kier molecular flexibility index (Phi) is 7.91. The van der Waals surface area contributed by atoms with E-state index in [0.717, 1.165) is 17.0 Å². The zero-order valence-electron chi connectivity index (χ0n) is 17.9. The number of hydrogen-bond acceptors (Lipinski definition) is 6. The third-order valence-corrected chi connectivity index (χ3v) is 4.52. The quantitative estimate of drug-likeness (QED) is 0.447. The fourth-order valence-corrected chi connectivity index (χ4v) is 2.80. The summed E-state index contributed by atoms with van der Waals surface area (Å²) < 4.78 is 16.2. The molecule has 0 saturated carbocycles. The number of benzene rings is 3. The Labute approximate surface area is 186 Å². The van der Waals surface area contributed by atoms with E-state index in [1.807, 2.05) is 30.3 Å². The fourth-order valence-electron chi connectivity index (χ4n) is 2.80. The first-order valence-corrected chi connectivity index (χ1v) is 9.91. The van der Waals surface area contributed by atoms with Gasteiger partial charge in [0.25, 0.3) is 11.8 Å². The maximum absolute atomic E-state index is 12.4. The van der Waals surface area contributed by atoms with Gasteiger partial charge < -0.3 is 19.5 Å². The summed E-state index contributed by atoms with van der Waals surface area (Å²) in [5.74, 6) is 0.778.